The van der Waals surface area contributed by atoms with E-state index in [0.717, 1.165) is 11.1 Å². The Morgan fingerprint density at radius 2 is 1.06 bits per heavy atom. The number of hydrogen-bond donors (Lipinski definition) is 0. The molecule has 0 aromatic carbocycles. The van der Waals surface area contributed by atoms with Crippen LogP contribution >= 0.6 is 11.6 Å². The van der Waals surface area contributed by atoms with Gasteiger partial charge in [0.15, 0.2) is 0 Å². The van der Waals surface area contributed by atoms with Gasteiger partial charge in [-0.2, -0.15) is 0 Å². The Hall–Kier alpha value is -1.44. The zero-order valence-electron chi connectivity index (χ0n) is 19.6. The first kappa shape index (κ1) is 22.7. The van der Waals surface area contributed by atoms with E-state index in [9.17, 15) is 0 Å². The van der Waals surface area contributed by atoms with Gasteiger partial charge < -0.3 is 28.2 Å². The second-order valence-corrected chi connectivity index (χ2v) is 10.7. The third-order valence-electron chi connectivity index (χ3n) is 7.07. The minimum Gasteiger partial charge on any atom is -0.384 e. The summed E-state index contributed by atoms with van der Waals surface area (Å²) in [6.07, 6.45) is 13.8. The summed E-state index contributed by atoms with van der Waals surface area (Å²) in [6, 6.07) is 0. The molecule has 0 aliphatic carbocycles. The minimum absolute atomic E-state index is 0.378. The summed E-state index contributed by atoms with van der Waals surface area (Å²) in [6.45, 7) is 16.3. The van der Waals surface area contributed by atoms with Crippen molar-refractivity contribution in [2.45, 2.75) is 77.8 Å². The molecule has 9 heteroatoms. The van der Waals surface area contributed by atoms with Crippen LogP contribution in [0.5, 0.6) is 0 Å². The third-order valence-corrected chi connectivity index (χ3v) is 7.38. The lowest BCUT2D eigenvalue weighted by atomic mass is 9.90. The maximum Gasteiger partial charge on any atom is 0.599 e. The monoisotopic (exact) mass is 444 g/mol. The summed E-state index contributed by atoms with van der Waals surface area (Å²) < 4.78 is 24.4. The van der Waals surface area contributed by atoms with Crippen molar-refractivity contribution in [2.75, 3.05) is 0 Å². The topological polar surface area (TPSA) is 43.4 Å². The first-order valence-electron chi connectivity index (χ1n) is 10.7. The molecule has 2 saturated heterocycles. The molecule has 4 aliphatic rings. The van der Waals surface area contributed by atoms with E-state index >= 15 is 0 Å². The van der Waals surface area contributed by atoms with Gasteiger partial charge in [0, 0.05) is 0 Å². The van der Waals surface area contributed by atoms with Gasteiger partial charge in [-0.1, -0.05) is 11.6 Å². The smallest absolute Gasteiger partial charge is 0.384 e. The van der Waals surface area contributed by atoms with Gasteiger partial charge in [0.25, 0.3) is 0 Å². The summed E-state index contributed by atoms with van der Waals surface area (Å²) in [5.41, 5.74) is 0.435. The largest absolute Gasteiger partial charge is 0.599 e. The predicted molar refractivity (Wildman–Crippen MR) is 124 cm³/mol. The number of halogens is 1. The molecule has 0 N–H and O–H groups in total. The van der Waals surface area contributed by atoms with E-state index in [4.69, 9.17) is 30.2 Å². The van der Waals surface area contributed by atoms with E-state index in [1.54, 1.807) is 4.81 Å². The molecule has 4 heterocycles. The highest BCUT2D eigenvalue weighted by molar-refractivity contribution is 6.46. The highest BCUT2D eigenvalue weighted by Crippen LogP contribution is 2.40. The summed E-state index contributed by atoms with van der Waals surface area (Å²) in [5.74, 6) is 0. The Morgan fingerprint density at radius 1 is 0.645 bits per heavy atom. The third kappa shape index (κ3) is 3.93. The highest BCUT2D eigenvalue weighted by atomic mass is 35.5. The van der Waals surface area contributed by atoms with E-state index < -0.39 is 25.7 Å². The lowest BCUT2D eigenvalue weighted by molar-refractivity contribution is 0.00578. The lowest BCUT2D eigenvalue weighted by Gasteiger charge is -2.32. The molecule has 0 amide bonds. The van der Waals surface area contributed by atoms with Crippen molar-refractivity contribution in [1.82, 2.24) is 9.62 Å². The maximum atomic E-state index is 6.60. The molecule has 0 aromatic rings. The molecule has 0 bridgehead atoms. The van der Waals surface area contributed by atoms with Gasteiger partial charge in [0.05, 0.1) is 22.4 Å². The Morgan fingerprint density at radius 3 is 1.52 bits per heavy atom. The summed E-state index contributed by atoms with van der Waals surface area (Å²) in [4.78, 5) is 3.73. The second kappa shape index (κ2) is 7.29. The van der Waals surface area contributed by atoms with Gasteiger partial charge >= 0.3 is 14.5 Å². The minimum atomic E-state index is -0.562. The fraction of sp³-hybridized carbons (Fsp3) is 0.545. The molecule has 0 radical (unpaired) electrons. The van der Waals surface area contributed by atoms with Gasteiger partial charge in [-0.25, -0.2) is 0 Å². The molecule has 0 atom stereocenters. The summed E-state index contributed by atoms with van der Waals surface area (Å²) >= 11 is 6.60. The maximum absolute atomic E-state index is 6.60. The van der Waals surface area contributed by atoms with Crippen LogP contribution in [0.25, 0.3) is 0 Å². The molecular weight excluding hydrogens is 413 g/mol. The van der Waals surface area contributed by atoms with Crippen LogP contribution in [0.2, 0.25) is 0 Å². The van der Waals surface area contributed by atoms with Crippen molar-refractivity contribution < 1.29 is 18.6 Å². The molecule has 166 valence electrons. The van der Waals surface area contributed by atoms with Gasteiger partial charge in [-0.15, -0.1) is 0 Å². The quantitative estimate of drug-likeness (QED) is 0.454. The SMILES string of the molecule is CC1(C)OB(N2C=CC(=C3C=CN(B4OC(C)(C)C(C)(C)O4)C(Cl)=C3)C=C2)OC1(C)C. The zero-order chi connectivity index (χ0) is 22.8. The first-order chi connectivity index (χ1) is 14.2. The standard InChI is InChI=1S/C22H31B2ClN2O4/c1-19(2)20(3,4)29-23(28-19)26-12-9-16(10-13-26)17-11-14-27(18(25)15-17)24-30-21(5,6)22(7,8)31-24/h9-15H,1-8H3. The Labute approximate surface area is 191 Å². The molecule has 0 spiro atoms. The van der Waals surface area contributed by atoms with Crippen molar-refractivity contribution in [3.8, 4) is 0 Å². The molecule has 4 rings (SSSR count). The van der Waals surface area contributed by atoms with Crippen LogP contribution in [0, 0.1) is 0 Å². The van der Waals surface area contributed by atoms with Gasteiger partial charge in [0.2, 0.25) is 0 Å². The molecule has 0 unspecified atom stereocenters. The molecular formula is C22H31B2ClN2O4. The van der Waals surface area contributed by atoms with Crippen LogP contribution in [0.15, 0.2) is 59.2 Å². The number of rotatable bonds is 2. The average Bonchev–Trinajstić information content (AvgIpc) is 3.01. The number of hydrogen-bond acceptors (Lipinski definition) is 6. The Bertz CT molecular complexity index is 872. The van der Waals surface area contributed by atoms with Crippen molar-refractivity contribution in [2.24, 2.45) is 0 Å². The molecule has 31 heavy (non-hydrogen) atoms. The molecule has 4 aliphatic heterocycles. The number of allylic oxidation sites excluding steroid dienone is 6. The Kier molecular flexibility index (Phi) is 5.35. The summed E-state index contributed by atoms with van der Waals surface area (Å²) in [5, 5.41) is 0.540. The van der Waals surface area contributed by atoms with Crippen molar-refractivity contribution >= 4 is 26.1 Å². The van der Waals surface area contributed by atoms with Crippen LogP contribution in [0.1, 0.15) is 55.4 Å². The zero-order valence-corrected chi connectivity index (χ0v) is 20.4. The van der Waals surface area contributed by atoms with Crippen LogP contribution in [-0.4, -0.2) is 46.5 Å². The van der Waals surface area contributed by atoms with Crippen LogP contribution in [0.4, 0.5) is 0 Å². The first-order valence-corrected chi connectivity index (χ1v) is 11.0. The summed E-state index contributed by atoms with van der Waals surface area (Å²) in [7, 11) is -1.02. The van der Waals surface area contributed by atoms with E-state index in [1.165, 1.54) is 0 Å². The molecule has 6 nitrogen and oxygen atoms in total. The molecule has 0 aromatic heterocycles. The lowest BCUT2D eigenvalue weighted by Crippen LogP contribution is -2.41. The Balaban J connectivity index is 1.46. The van der Waals surface area contributed by atoms with E-state index in [2.05, 4.69) is 0 Å². The van der Waals surface area contributed by atoms with E-state index in [1.807, 2.05) is 103 Å². The van der Waals surface area contributed by atoms with Crippen molar-refractivity contribution in [3.63, 3.8) is 0 Å². The predicted octanol–water partition coefficient (Wildman–Crippen LogP) is 4.71. The fourth-order valence-corrected chi connectivity index (χ4v) is 3.72. The molecule has 0 saturated carbocycles. The van der Waals surface area contributed by atoms with Crippen LogP contribution in [0.3, 0.4) is 0 Å². The van der Waals surface area contributed by atoms with E-state index in [-0.39, 0.29) is 11.2 Å². The highest BCUT2D eigenvalue weighted by Gasteiger charge is 2.55. The molecule has 2 fully saturated rings. The van der Waals surface area contributed by atoms with Crippen molar-refractivity contribution in [3.05, 3.63) is 59.2 Å². The van der Waals surface area contributed by atoms with Gasteiger partial charge in [-0.05, 0) is 109 Å². The van der Waals surface area contributed by atoms with Crippen LogP contribution in [-0.2, 0) is 18.6 Å². The second-order valence-electron chi connectivity index (χ2n) is 10.3. The van der Waals surface area contributed by atoms with Gasteiger partial charge in [0.1, 0.15) is 5.16 Å². The van der Waals surface area contributed by atoms with E-state index in [0.29, 0.717) is 5.16 Å². The van der Waals surface area contributed by atoms with Crippen molar-refractivity contribution in [1.29, 1.82) is 0 Å². The van der Waals surface area contributed by atoms with Gasteiger partial charge in [-0.3, -0.25) is 0 Å². The number of nitrogens with zero attached hydrogens (tertiary/aromatic N) is 2. The average molecular weight is 445 g/mol. The van der Waals surface area contributed by atoms with Crippen LogP contribution < -0.4 is 0 Å². The normalized spacial score (nSPS) is 28.1. The fourth-order valence-electron chi connectivity index (χ4n) is 3.46.